The number of methoxy groups -OCH3 is 1. The lowest BCUT2D eigenvalue weighted by Crippen LogP contribution is -2.39. The molecule has 0 aliphatic carbocycles. The van der Waals surface area contributed by atoms with E-state index in [1.807, 2.05) is 39.8 Å². The summed E-state index contributed by atoms with van der Waals surface area (Å²) in [6, 6.07) is 9.29. The molecule has 1 aromatic carbocycles. The third kappa shape index (κ3) is 3.17. The highest BCUT2D eigenvalue weighted by molar-refractivity contribution is 5.96. The van der Waals surface area contributed by atoms with E-state index in [1.54, 1.807) is 12.4 Å². The number of benzene rings is 1. The number of fused-ring (bicyclic) bond motifs is 1. The van der Waals surface area contributed by atoms with Crippen LogP contribution in [0.5, 0.6) is 0 Å². The van der Waals surface area contributed by atoms with Crippen molar-refractivity contribution in [3.8, 4) is 11.3 Å². The van der Waals surface area contributed by atoms with Crippen LogP contribution < -0.4 is 5.56 Å². The number of aromatic nitrogens is 3. The Balaban J connectivity index is 1.56. The van der Waals surface area contributed by atoms with Crippen molar-refractivity contribution in [1.29, 1.82) is 0 Å². The standard InChI is InChI=1S/C20H20N4O4/c1-28-20(27)16-12-24(11-15-17(16)21-22-18(15)25)14-7-9-23(10-8-14)19(26)13-5-3-2-4-6-13/h2-6,11-12,14H,7-10H2,1H3,(H,22,25). The van der Waals surface area contributed by atoms with Gasteiger partial charge in [-0.05, 0) is 25.0 Å². The number of likely N-dealkylation sites (tertiary alicyclic amines) is 1. The Morgan fingerprint density at radius 2 is 1.86 bits per heavy atom. The molecule has 1 fully saturated rings. The van der Waals surface area contributed by atoms with E-state index < -0.39 is 5.97 Å². The van der Waals surface area contributed by atoms with Gasteiger partial charge in [-0.1, -0.05) is 18.2 Å². The number of piperidine rings is 1. The van der Waals surface area contributed by atoms with Gasteiger partial charge in [0.2, 0.25) is 0 Å². The van der Waals surface area contributed by atoms with Gasteiger partial charge < -0.3 is 14.2 Å². The van der Waals surface area contributed by atoms with Crippen molar-refractivity contribution in [2.75, 3.05) is 20.2 Å². The van der Waals surface area contributed by atoms with Gasteiger partial charge in [0.15, 0.2) is 0 Å². The van der Waals surface area contributed by atoms with Crippen molar-refractivity contribution in [2.24, 2.45) is 0 Å². The molecule has 4 rings (SSSR count). The molecule has 0 saturated carbocycles. The number of hydrogen-bond donors (Lipinski definition) is 1. The number of esters is 1. The molecule has 0 atom stereocenters. The first-order valence-electron chi connectivity index (χ1n) is 9.11. The molecule has 0 radical (unpaired) electrons. The van der Waals surface area contributed by atoms with Crippen molar-refractivity contribution < 1.29 is 14.3 Å². The number of pyridine rings is 1. The molecule has 28 heavy (non-hydrogen) atoms. The van der Waals surface area contributed by atoms with Crippen molar-refractivity contribution in [3.63, 3.8) is 0 Å². The number of nitrogens with one attached hydrogen (secondary N) is 1. The predicted molar refractivity (Wildman–Crippen MR) is 101 cm³/mol. The summed E-state index contributed by atoms with van der Waals surface area (Å²) in [5.74, 6) is -0.519. The molecule has 1 amide bonds. The maximum Gasteiger partial charge on any atom is 0.341 e. The van der Waals surface area contributed by atoms with Crippen LogP contribution in [0.3, 0.4) is 0 Å². The van der Waals surface area contributed by atoms with Gasteiger partial charge >= 0.3 is 5.97 Å². The van der Waals surface area contributed by atoms with Gasteiger partial charge in [-0.2, -0.15) is 5.10 Å². The fourth-order valence-corrected chi connectivity index (χ4v) is 3.66. The van der Waals surface area contributed by atoms with Crippen LogP contribution in [0.1, 0.15) is 39.6 Å². The maximum absolute atomic E-state index is 12.6. The molecule has 144 valence electrons. The van der Waals surface area contributed by atoms with Crippen LogP contribution in [0.4, 0.5) is 0 Å². The van der Waals surface area contributed by atoms with E-state index in [9.17, 15) is 14.4 Å². The summed E-state index contributed by atoms with van der Waals surface area (Å²) in [4.78, 5) is 38.6. The van der Waals surface area contributed by atoms with Crippen LogP contribution in [-0.4, -0.2) is 51.7 Å². The van der Waals surface area contributed by atoms with Crippen LogP contribution >= 0.6 is 0 Å². The Hall–Kier alpha value is -3.42. The zero-order valence-corrected chi connectivity index (χ0v) is 15.4. The predicted octanol–water partition coefficient (Wildman–Crippen LogP) is 1.94. The Kier molecular flexibility index (Phi) is 4.68. The Labute approximate surface area is 161 Å². The third-order valence-electron chi connectivity index (χ3n) is 5.18. The molecule has 3 heterocycles. The Bertz CT molecular complexity index is 1030. The van der Waals surface area contributed by atoms with Crippen LogP contribution in [0.2, 0.25) is 0 Å². The average Bonchev–Trinajstić information content (AvgIpc) is 3.13. The first kappa shape index (κ1) is 18.0. The molecule has 8 nitrogen and oxygen atoms in total. The summed E-state index contributed by atoms with van der Waals surface area (Å²) in [5, 5.41) is 6.32. The normalized spacial score (nSPS) is 15.0. The van der Waals surface area contributed by atoms with Crippen molar-refractivity contribution in [2.45, 2.75) is 18.9 Å². The lowest BCUT2D eigenvalue weighted by molar-refractivity contribution is 0.0600. The Morgan fingerprint density at radius 1 is 1.14 bits per heavy atom. The molecule has 0 spiro atoms. The minimum atomic E-state index is -0.539. The quantitative estimate of drug-likeness (QED) is 0.701. The number of hydrogen-bond acceptors (Lipinski definition) is 5. The smallest absolute Gasteiger partial charge is 0.341 e. The second kappa shape index (κ2) is 7.30. The topological polar surface area (TPSA) is 97.3 Å². The molecule has 1 saturated heterocycles. The lowest BCUT2D eigenvalue weighted by atomic mass is 10.0. The highest BCUT2D eigenvalue weighted by atomic mass is 16.5. The van der Waals surface area contributed by atoms with E-state index in [1.165, 1.54) is 7.11 Å². The van der Waals surface area contributed by atoms with Crippen LogP contribution in [0.25, 0.3) is 11.3 Å². The van der Waals surface area contributed by atoms with Crippen molar-refractivity contribution in [1.82, 2.24) is 19.7 Å². The van der Waals surface area contributed by atoms with E-state index in [-0.39, 0.29) is 23.1 Å². The van der Waals surface area contributed by atoms with Crippen LogP contribution in [-0.2, 0) is 4.74 Å². The highest BCUT2D eigenvalue weighted by Gasteiger charge is 2.27. The van der Waals surface area contributed by atoms with Gasteiger partial charge in [0.25, 0.3) is 11.5 Å². The zero-order valence-electron chi connectivity index (χ0n) is 15.4. The fourth-order valence-electron chi connectivity index (χ4n) is 3.66. The molecule has 1 N–H and O–H groups in total. The Morgan fingerprint density at radius 3 is 2.54 bits per heavy atom. The molecule has 8 heteroatoms. The van der Waals surface area contributed by atoms with E-state index in [0.717, 1.165) is 12.8 Å². The number of amides is 1. The first-order valence-corrected chi connectivity index (χ1v) is 9.11. The first-order chi connectivity index (χ1) is 13.6. The van der Waals surface area contributed by atoms with Gasteiger partial charge in [0.1, 0.15) is 11.3 Å². The third-order valence-corrected chi connectivity index (χ3v) is 5.18. The number of H-pyrrole nitrogens is 1. The molecule has 3 aliphatic rings. The van der Waals surface area contributed by atoms with Crippen molar-refractivity contribution in [3.05, 3.63) is 64.2 Å². The molecule has 0 unspecified atom stereocenters. The fraction of sp³-hybridized carbons (Fsp3) is 0.300. The number of carbonyl (C=O) groups is 2. The summed E-state index contributed by atoms with van der Waals surface area (Å²) in [6.45, 7) is 1.21. The summed E-state index contributed by atoms with van der Waals surface area (Å²) in [6.07, 6.45) is 4.84. The number of nitrogens with zero attached hydrogens (tertiary/aromatic N) is 3. The van der Waals surface area contributed by atoms with Gasteiger partial charge in [-0.25, -0.2) is 9.89 Å². The summed E-state index contributed by atoms with van der Waals surface area (Å²) < 4.78 is 6.70. The molecule has 0 bridgehead atoms. The molecular formula is C20H20N4O4. The lowest BCUT2D eigenvalue weighted by Gasteiger charge is -2.33. The monoisotopic (exact) mass is 380 g/mol. The minimum absolute atomic E-state index is 0.0198. The van der Waals surface area contributed by atoms with Crippen LogP contribution in [0.15, 0.2) is 47.5 Å². The second-order valence-corrected chi connectivity index (χ2v) is 6.82. The molecular weight excluding hydrogens is 360 g/mol. The maximum atomic E-state index is 12.6. The van der Waals surface area contributed by atoms with E-state index in [2.05, 4.69) is 10.2 Å². The van der Waals surface area contributed by atoms with Gasteiger partial charge in [0.05, 0.1) is 12.7 Å². The van der Waals surface area contributed by atoms with Crippen LogP contribution in [0, 0.1) is 0 Å². The molecule has 0 aromatic heterocycles. The molecule has 3 aliphatic heterocycles. The van der Waals surface area contributed by atoms with E-state index >= 15 is 0 Å². The van der Waals surface area contributed by atoms with E-state index in [0.29, 0.717) is 29.9 Å². The number of ether oxygens (including phenoxy) is 1. The number of carbonyl (C=O) groups excluding carboxylic acids is 2. The molecule has 1 aromatic rings. The van der Waals surface area contributed by atoms with Gasteiger partial charge in [-0.3, -0.25) is 9.59 Å². The van der Waals surface area contributed by atoms with Gasteiger partial charge in [-0.15, -0.1) is 0 Å². The van der Waals surface area contributed by atoms with Gasteiger partial charge in [0, 0.05) is 37.1 Å². The second-order valence-electron chi connectivity index (χ2n) is 6.82. The zero-order chi connectivity index (χ0) is 19.7. The highest BCUT2D eigenvalue weighted by Crippen LogP contribution is 2.28. The minimum Gasteiger partial charge on any atom is -0.465 e. The van der Waals surface area contributed by atoms with E-state index in [4.69, 9.17) is 4.74 Å². The summed E-state index contributed by atoms with van der Waals surface area (Å²) in [5.41, 5.74) is 1.25. The number of rotatable bonds is 3. The summed E-state index contributed by atoms with van der Waals surface area (Å²) in [7, 11) is 1.30. The SMILES string of the molecule is COC(=O)c1cn(C2CCN(C(=O)c3ccccc3)CC2)cc2c(=O)[nH]nc1-2. The average molecular weight is 380 g/mol. The summed E-state index contributed by atoms with van der Waals surface area (Å²) >= 11 is 0. The largest absolute Gasteiger partial charge is 0.465 e. The number of aromatic amines is 1. The van der Waals surface area contributed by atoms with Crippen molar-refractivity contribution >= 4 is 11.9 Å².